The molecule has 0 N–H and O–H groups in total. The van der Waals surface area contributed by atoms with E-state index in [1.165, 1.54) is 17.3 Å². The van der Waals surface area contributed by atoms with Crippen LogP contribution in [0.1, 0.15) is 48.4 Å². The van der Waals surface area contributed by atoms with Crippen molar-refractivity contribution in [2.75, 3.05) is 6.61 Å². The van der Waals surface area contributed by atoms with Crippen LogP contribution >= 0.6 is 11.8 Å². The van der Waals surface area contributed by atoms with Crippen LogP contribution in [0.2, 0.25) is 0 Å². The predicted molar refractivity (Wildman–Crippen MR) is 127 cm³/mol. The fraction of sp³-hybridized carbons (Fsp3) is 0.320. The zero-order chi connectivity index (χ0) is 23.1. The molecule has 1 aliphatic rings. The van der Waals surface area contributed by atoms with Crippen molar-refractivity contribution in [1.82, 2.24) is 14.8 Å². The molecule has 0 saturated heterocycles. The van der Waals surface area contributed by atoms with E-state index < -0.39 is 0 Å². The Morgan fingerprint density at radius 2 is 1.94 bits per heavy atom. The van der Waals surface area contributed by atoms with Crippen molar-refractivity contribution in [3.8, 4) is 11.5 Å². The number of thioether (sulfide) groups is 1. The molecule has 0 amide bonds. The Balaban J connectivity index is 1.40. The summed E-state index contributed by atoms with van der Waals surface area (Å²) in [6, 6.07) is 13.3. The van der Waals surface area contributed by atoms with E-state index in [2.05, 4.69) is 30.1 Å². The van der Waals surface area contributed by atoms with E-state index in [0.717, 1.165) is 27.4 Å². The normalized spacial score (nSPS) is 15.4. The Kier molecular flexibility index (Phi) is 5.62. The summed E-state index contributed by atoms with van der Waals surface area (Å²) >= 11 is 1.53. The number of aromatic nitrogens is 3. The van der Waals surface area contributed by atoms with E-state index in [-0.39, 0.29) is 11.7 Å². The van der Waals surface area contributed by atoms with E-state index >= 15 is 0 Å². The van der Waals surface area contributed by atoms with Gasteiger partial charge in [0.15, 0.2) is 28.6 Å². The van der Waals surface area contributed by atoms with Crippen LogP contribution in [0.4, 0.5) is 0 Å². The maximum Gasteiger partial charge on any atom is 0.336 e. The van der Waals surface area contributed by atoms with Crippen molar-refractivity contribution in [2.24, 2.45) is 7.05 Å². The van der Waals surface area contributed by atoms with Gasteiger partial charge in [0.1, 0.15) is 12.2 Å². The van der Waals surface area contributed by atoms with Gasteiger partial charge < -0.3 is 18.5 Å². The first kappa shape index (κ1) is 21.6. The van der Waals surface area contributed by atoms with Gasteiger partial charge in [-0.05, 0) is 53.8 Å². The van der Waals surface area contributed by atoms with Gasteiger partial charge in [0, 0.05) is 24.3 Å². The second-order valence-corrected chi connectivity index (χ2v) is 9.45. The molecule has 0 bridgehead atoms. The van der Waals surface area contributed by atoms with Gasteiger partial charge >= 0.3 is 5.63 Å². The lowest BCUT2D eigenvalue weighted by molar-refractivity contribution is 0.0825. The smallest absolute Gasteiger partial charge is 0.336 e. The van der Waals surface area contributed by atoms with Crippen LogP contribution in [-0.4, -0.2) is 21.4 Å². The van der Waals surface area contributed by atoms with Gasteiger partial charge in [0.05, 0.1) is 0 Å². The highest BCUT2D eigenvalue weighted by Gasteiger charge is 2.27. The number of aryl methyl sites for hydroxylation is 1. The van der Waals surface area contributed by atoms with Crippen molar-refractivity contribution in [2.45, 2.75) is 43.7 Å². The summed E-state index contributed by atoms with van der Waals surface area (Å²) in [5.74, 6) is 3.08. The summed E-state index contributed by atoms with van der Waals surface area (Å²) < 4.78 is 19.3. The maximum absolute atomic E-state index is 12.2. The molecule has 1 atom stereocenters. The third-order valence-electron chi connectivity index (χ3n) is 5.86. The van der Waals surface area contributed by atoms with E-state index in [4.69, 9.17) is 13.9 Å². The first-order valence-electron chi connectivity index (χ1n) is 10.9. The fourth-order valence-corrected chi connectivity index (χ4v) is 5.06. The Bertz CT molecular complexity index is 1390. The first-order valence-corrected chi connectivity index (χ1v) is 11.9. The van der Waals surface area contributed by atoms with E-state index in [1.807, 2.05) is 48.9 Å². The van der Waals surface area contributed by atoms with Crippen molar-refractivity contribution in [1.29, 1.82) is 0 Å². The van der Waals surface area contributed by atoms with Crippen molar-refractivity contribution in [3.05, 3.63) is 75.4 Å². The largest absolute Gasteiger partial charge is 0.485 e. The molecule has 0 aliphatic carbocycles. The molecule has 2 aromatic carbocycles. The van der Waals surface area contributed by atoms with Gasteiger partial charge in [0.25, 0.3) is 0 Å². The van der Waals surface area contributed by atoms with Gasteiger partial charge in [-0.25, -0.2) is 4.79 Å². The number of benzene rings is 2. The average molecular weight is 464 g/mol. The Morgan fingerprint density at radius 1 is 1.15 bits per heavy atom. The highest BCUT2D eigenvalue weighted by Crippen LogP contribution is 2.36. The summed E-state index contributed by atoms with van der Waals surface area (Å²) in [6.45, 7) is 6.75. The Hall–Kier alpha value is -3.26. The van der Waals surface area contributed by atoms with Crippen LogP contribution in [0, 0.1) is 6.92 Å². The first-order chi connectivity index (χ1) is 15.9. The number of para-hydroxylation sites is 2. The number of hydrogen-bond donors (Lipinski definition) is 0. The summed E-state index contributed by atoms with van der Waals surface area (Å²) in [6.07, 6.45) is -0.340. The molecule has 2 aromatic heterocycles. The zero-order valence-electron chi connectivity index (χ0n) is 19.0. The molecule has 170 valence electrons. The number of nitrogens with zero attached hydrogens (tertiary/aromatic N) is 3. The second kappa shape index (κ2) is 8.59. The van der Waals surface area contributed by atoms with Crippen molar-refractivity contribution < 1.29 is 13.9 Å². The minimum atomic E-state index is -0.347. The molecule has 1 aliphatic heterocycles. The fourth-order valence-electron chi connectivity index (χ4n) is 4.15. The summed E-state index contributed by atoms with van der Waals surface area (Å²) in [7, 11) is 1.92. The van der Waals surface area contributed by atoms with Crippen LogP contribution in [0.5, 0.6) is 11.5 Å². The highest BCUT2D eigenvalue weighted by atomic mass is 32.2. The maximum atomic E-state index is 12.2. The Labute approximate surface area is 195 Å². The molecular weight excluding hydrogens is 438 g/mol. The molecular formula is C25H25N3O4S. The molecule has 0 spiro atoms. The number of ether oxygens (including phenoxy) is 2. The predicted octanol–water partition coefficient (Wildman–Crippen LogP) is 5.16. The quantitative estimate of drug-likeness (QED) is 0.299. The summed E-state index contributed by atoms with van der Waals surface area (Å²) in [5, 5.41) is 10.4. The molecule has 3 heterocycles. The van der Waals surface area contributed by atoms with Gasteiger partial charge in [0.2, 0.25) is 0 Å². The molecule has 1 unspecified atom stereocenters. The number of hydrogen-bond acceptors (Lipinski definition) is 7. The molecule has 7 nitrogen and oxygen atoms in total. The van der Waals surface area contributed by atoms with E-state index in [9.17, 15) is 4.79 Å². The SMILES string of the molecule is Cc1cc2oc(=O)cc(CSc3nnc(C4COc5ccccc5O4)n3C)c2cc1C(C)C. The van der Waals surface area contributed by atoms with Crippen LogP contribution < -0.4 is 15.1 Å². The standard InChI is InChI=1S/C25H25N3O4S/c1-14(2)17-11-18-16(10-23(29)32-21(18)9-15(17)3)13-33-25-27-26-24(28(25)4)22-12-30-19-7-5-6-8-20(19)31-22/h5-11,14,22H,12-13H2,1-4H3. The Morgan fingerprint density at radius 3 is 2.73 bits per heavy atom. The van der Waals surface area contributed by atoms with Gasteiger partial charge in [-0.1, -0.05) is 37.7 Å². The number of rotatable bonds is 5. The monoisotopic (exact) mass is 463 g/mol. The van der Waals surface area contributed by atoms with Crippen molar-refractivity contribution in [3.63, 3.8) is 0 Å². The minimum Gasteiger partial charge on any atom is -0.485 e. The molecule has 0 fully saturated rings. The molecule has 4 aromatic rings. The van der Waals surface area contributed by atoms with Crippen LogP contribution in [-0.2, 0) is 12.8 Å². The molecule has 33 heavy (non-hydrogen) atoms. The van der Waals surface area contributed by atoms with Gasteiger partial charge in [-0.15, -0.1) is 10.2 Å². The van der Waals surface area contributed by atoms with Crippen molar-refractivity contribution >= 4 is 22.7 Å². The highest BCUT2D eigenvalue weighted by molar-refractivity contribution is 7.98. The third kappa shape index (κ3) is 4.11. The van der Waals surface area contributed by atoms with Crippen LogP contribution in [0.25, 0.3) is 11.0 Å². The van der Waals surface area contributed by atoms with Crippen LogP contribution in [0.15, 0.2) is 56.8 Å². The van der Waals surface area contributed by atoms with E-state index in [0.29, 0.717) is 35.4 Å². The van der Waals surface area contributed by atoms with E-state index in [1.54, 1.807) is 6.07 Å². The molecule has 5 rings (SSSR count). The van der Waals surface area contributed by atoms with Crippen LogP contribution in [0.3, 0.4) is 0 Å². The van der Waals surface area contributed by atoms with Gasteiger partial charge in [-0.2, -0.15) is 0 Å². The summed E-state index contributed by atoms with van der Waals surface area (Å²) in [4.78, 5) is 12.2. The summed E-state index contributed by atoms with van der Waals surface area (Å²) in [5.41, 5.74) is 3.56. The zero-order valence-corrected chi connectivity index (χ0v) is 19.8. The number of fused-ring (bicyclic) bond motifs is 2. The average Bonchev–Trinajstić information content (AvgIpc) is 3.16. The third-order valence-corrected chi connectivity index (χ3v) is 6.93. The lowest BCUT2D eigenvalue weighted by Crippen LogP contribution is -2.24. The topological polar surface area (TPSA) is 79.4 Å². The molecule has 8 heteroatoms. The lowest BCUT2D eigenvalue weighted by Gasteiger charge is -2.25. The minimum absolute atomic E-state index is 0.340. The molecule has 0 radical (unpaired) electrons. The van der Waals surface area contributed by atoms with Gasteiger partial charge in [-0.3, -0.25) is 0 Å². The lowest BCUT2D eigenvalue weighted by atomic mass is 9.95. The molecule has 0 saturated carbocycles. The second-order valence-electron chi connectivity index (χ2n) is 8.50.